The molecule has 0 amide bonds. The van der Waals surface area contributed by atoms with Crippen molar-refractivity contribution in [1.29, 1.82) is 0 Å². The van der Waals surface area contributed by atoms with E-state index in [0.29, 0.717) is 12.2 Å². The van der Waals surface area contributed by atoms with Crippen molar-refractivity contribution >= 4 is 5.97 Å². The molecule has 0 aliphatic heterocycles. The molecule has 100 valence electrons. The van der Waals surface area contributed by atoms with E-state index in [4.69, 9.17) is 4.74 Å². The zero-order chi connectivity index (χ0) is 14.2. The molecular weight excluding hydrogens is 248 g/mol. The number of carbonyl (C=O) groups is 1. The second kappa shape index (κ2) is 7.16. The third-order valence-electron chi connectivity index (χ3n) is 2.82. The van der Waals surface area contributed by atoms with Crippen LogP contribution in [0.4, 0.5) is 0 Å². The van der Waals surface area contributed by atoms with Gasteiger partial charge >= 0.3 is 5.97 Å². The van der Waals surface area contributed by atoms with Crippen molar-refractivity contribution < 1.29 is 9.53 Å². The lowest BCUT2D eigenvalue weighted by Crippen LogP contribution is -2.18. The summed E-state index contributed by atoms with van der Waals surface area (Å²) in [6.07, 6.45) is 0.630. The van der Waals surface area contributed by atoms with Crippen LogP contribution in [0.2, 0.25) is 0 Å². The lowest BCUT2D eigenvalue weighted by Gasteiger charge is -2.08. The summed E-state index contributed by atoms with van der Waals surface area (Å²) in [6.45, 7) is 1.93. The van der Waals surface area contributed by atoms with E-state index < -0.39 is 5.92 Å². The first kappa shape index (κ1) is 13.9. The van der Waals surface area contributed by atoms with Gasteiger partial charge in [-0.1, -0.05) is 55.2 Å². The van der Waals surface area contributed by atoms with Crippen LogP contribution in [0, 0.1) is 17.8 Å². The van der Waals surface area contributed by atoms with Gasteiger partial charge in [-0.05, 0) is 30.7 Å². The first-order chi connectivity index (χ1) is 9.79. The van der Waals surface area contributed by atoms with Gasteiger partial charge in [-0.25, -0.2) is 0 Å². The Balaban J connectivity index is 2.05. The number of ether oxygens (including phenoxy) is 1. The van der Waals surface area contributed by atoms with Crippen LogP contribution in [0.3, 0.4) is 0 Å². The molecule has 0 N–H and O–H groups in total. The van der Waals surface area contributed by atoms with Gasteiger partial charge in [0.15, 0.2) is 0 Å². The molecule has 0 spiro atoms. The van der Waals surface area contributed by atoms with E-state index >= 15 is 0 Å². The van der Waals surface area contributed by atoms with Crippen LogP contribution in [-0.2, 0) is 4.79 Å². The molecule has 0 saturated heterocycles. The van der Waals surface area contributed by atoms with Crippen molar-refractivity contribution in [3.8, 4) is 17.6 Å². The molecule has 0 bridgehead atoms. The molecule has 2 heteroatoms. The Morgan fingerprint density at radius 1 is 1.05 bits per heavy atom. The van der Waals surface area contributed by atoms with Crippen molar-refractivity contribution in [3.05, 3.63) is 66.2 Å². The zero-order valence-corrected chi connectivity index (χ0v) is 11.4. The van der Waals surface area contributed by atoms with Crippen LogP contribution in [0.15, 0.2) is 60.7 Å². The van der Waals surface area contributed by atoms with Gasteiger partial charge in [0.2, 0.25) is 0 Å². The van der Waals surface area contributed by atoms with Crippen molar-refractivity contribution in [2.45, 2.75) is 13.3 Å². The summed E-state index contributed by atoms with van der Waals surface area (Å²) < 4.78 is 5.31. The average molecular weight is 264 g/mol. The molecule has 2 aromatic rings. The lowest BCUT2D eigenvalue weighted by atomic mass is 10.1. The van der Waals surface area contributed by atoms with Gasteiger partial charge in [0.25, 0.3) is 0 Å². The highest BCUT2D eigenvalue weighted by molar-refractivity contribution is 5.78. The minimum Gasteiger partial charge on any atom is -0.426 e. The summed E-state index contributed by atoms with van der Waals surface area (Å²) in [6, 6.07) is 18.7. The summed E-state index contributed by atoms with van der Waals surface area (Å²) in [5, 5.41) is 0. The van der Waals surface area contributed by atoms with Crippen molar-refractivity contribution in [3.63, 3.8) is 0 Å². The Morgan fingerprint density at radius 3 is 2.25 bits per heavy atom. The SMILES string of the molecule is CCC(C#Cc1ccccc1)C(=O)Oc1ccccc1. The van der Waals surface area contributed by atoms with Crippen molar-refractivity contribution in [2.24, 2.45) is 5.92 Å². The third-order valence-corrected chi connectivity index (χ3v) is 2.82. The van der Waals surface area contributed by atoms with Gasteiger partial charge in [0.05, 0.1) is 0 Å². The monoisotopic (exact) mass is 264 g/mol. The summed E-state index contributed by atoms with van der Waals surface area (Å²) in [4.78, 5) is 12.0. The molecule has 0 radical (unpaired) electrons. The van der Waals surface area contributed by atoms with Gasteiger partial charge in [-0.2, -0.15) is 0 Å². The van der Waals surface area contributed by atoms with E-state index in [9.17, 15) is 4.79 Å². The fourth-order valence-corrected chi connectivity index (χ4v) is 1.70. The number of benzene rings is 2. The molecule has 0 saturated carbocycles. The average Bonchev–Trinajstić information content (AvgIpc) is 2.50. The second-order valence-corrected chi connectivity index (χ2v) is 4.33. The van der Waals surface area contributed by atoms with Crippen LogP contribution >= 0.6 is 0 Å². The molecule has 0 heterocycles. The summed E-state index contributed by atoms with van der Waals surface area (Å²) in [5.74, 6) is 5.84. The maximum atomic E-state index is 12.0. The van der Waals surface area contributed by atoms with Crippen molar-refractivity contribution in [1.82, 2.24) is 0 Å². The molecule has 0 fully saturated rings. The predicted molar refractivity (Wildman–Crippen MR) is 79.2 cm³/mol. The van der Waals surface area contributed by atoms with Gasteiger partial charge in [-0.3, -0.25) is 4.79 Å². The number of carbonyl (C=O) groups excluding carboxylic acids is 1. The second-order valence-electron chi connectivity index (χ2n) is 4.33. The Kier molecular flexibility index (Phi) is 4.97. The fraction of sp³-hybridized carbons (Fsp3) is 0.167. The quantitative estimate of drug-likeness (QED) is 0.480. The number of esters is 1. The van der Waals surface area contributed by atoms with Crippen LogP contribution in [0.5, 0.6) is 5.75 Å². The Hall–Kier alpha value is -2.53. The molecule has 0 aliphatic carbocycles. The van der Waals surface area contributed by atoms with Gasteiger partial charge < -0.3 is 4.74 Å². The van der Waals surface area contributed by atoms with E-state index in [1.807, 2.05) is 55.5 Å². The molecule has 2 aromatic carbocycles. The topological polar surface area (TPSA) is 26.3 Å². The highest BCUT2D eigenvalue weighted by Crippen LogP contribution is 2.12. The summed E-state index contributed by atoms with van der Waals surface area (Å²) >= 11 is 0. The molecule has 20 heavy (non-hydrogen) atoms. The summed E-state index contributed by atoms with van der Waals surface area (Å²) in [7, 11) is 0. The number of hydrogen-bond acceptors (Lipinski definition) is 2. The first-order valence-corrected chi connectivity index (χ1v) is 6.63. The van der Waals surface area contributed by atoms with Gasteiger partial charge in [-0.15, -0.1) is 0 Å². The normalized spacial score (nSPS) is 11.1. The zero-order valence-electron chi connectivity index (χ0n) is 11.4. The highest BCUT2D eigenvalue weighted by atomic mass is 16.5. The number of para-hydroxylation sites is 1. The predicted octanol–water partition coefficient (Wildman–Crippen LogP) is 3.67. The fourth-order valence-electron chi connectivity index (χ4n) is 1.70. The smallest absolute Gasteiger partial charge is 0.326 e. The van der Waals surface area contributed by atoms with E-state index in [1.54, 1.807) is 12.1 Å². The van der Waals surface area contributed by atoms with E-state index in [-0.39, 0.29) is 5.97 Å². The standard InChI is InChI=1S/C18H16O2/c1-2-16(14-13-15-9-5-3-6-10-15)18(19)20-17-11-7-4-8-12-17/h3-12,16H,2H2,1H3. The van der Waals surface area contributed by atoms with Gasteiger partial charge in [0.1, 0.15) is 11.7 Å². The molecule has 1 atom stereocenters. The maximum Gasteiger partial charge on any atom is 0.326 e. The highest BCUT2D eigenvalue weighted by Gasteiger charge is 2.15. The molecule has 0 aromatic heterocycles. The van der Waals surface area contributed by atoms with Crippen molar-refractivity contribution in [2.75, 3.05) is 0 Å². The minimum absolute atomic E-state index is 0.304. The lowest BCUT2D eigenvalue weighted by molar-refractivity contribution is -0.137. The van der Waals surface area contributed by atoms with E-state index in [2.05, 4.69) is 11.8 Å². The Labute approximate surface area is 119 Å². The molecule has 1 unspecified atom stereocenters. The molecular formula is C18H16O2. The largest absolute Gasteiger partial charge is 0.426 e. The minimum atomic E-state index is -0.407. The van der Waals surface area contributed by atoms with E-state index in [1.165, 1.54) is 0 Å². The molecule has 2 rings (SSSR count). The van der Waals surface area contributed by atoms with Gasteiger partial charge in [0, 0.05) is 5.56 Å². The molecule has 2 nitrogen and oxygen atoms in total. The number of rotatable bonds is 3. The Bertz CT molecular complexity index is 606. The van der Waals surface area contributed by atoms with Crippen LogP contribution in [0.25, 0.3) is 0 Å². The van der Waals surface area contributed by atoms with E-state index in [0.717, 1.165) is 5.56 Å². The Morgan fingerprint density at radius 2 is 1.65 bits per heavy atom. The third kappa shape index (κ3) is 4.00. The van der Waals surface area contributed by atoms with Crippen LogP contribution in [0.1, 0.15) is 18.9 Å². The molecule has 0 aliphatic rings. The van der Waals surface area contributed by atoms with Crippen LogP contribution in [-0.4, -0.2) is 5.97 Å². The first-order valence-electron chi connectivity index (χ1n) is 6.63. The maximum absolute atomic E-state index is 12.0. The van der Waals surface area contributed by atoms with Crippen LogP contribution < -0.4 is 4.74 Å². The number of hydrogen-bond donors (Lipinski definition) is 0. The summed E-state index contributed by atoms with van der Waals surface area (Å²) in [5.41, 5.74) is 0.901.